The molecule has 1 aliphatic rings. The second-order valence-electron chi connectivity index (χ2n) is 5.55. The third-order valence-electron chi connectivity index (χ3n) is 3.15. The molecule has 14 heavy (non-hydrogen) atoms. The first-order valence-corrected chi connectivity index (χ1v) is 4.86. The Morgan fingerprint density at radius 1 is 1.21 bits per heavy atom. The maximum Gasteiger partial charge on any atom is 0.123 e. The van der Waals surface area contributed by atoms with Crippen molar-refractivity contribution in [2.24, 2.45) is 5.41 Å². The van der Waals surface area contributed by atoms with Crippen LogP contribution in [0, 0.1) is 5.41 Å². The van der Waals surface area contributed by atoms with Gasteiger partial charge in [0, 0.05) is 0 Å². The molecule has 82 valence electrons. The van der Waals surface area contributed by atoms with Gasteiger partial charge in [0.25, 0.3) is 0 Å². The van der Waals surface area contributed by atoms with Crippen molar-refractivity contribution in [3.05, 3.63) is 11.6 Å². The number of rotatable bonds is 0. The molecular weight excluding hydrogens is 180 g/mol. The molecule has 0 aromatic carbocycles. The van der Waals surface area contributed by atoms with Crippen molar-refractivity contribution in [2.75, 3.05) is 0 Å². The summed E-state index contributed by atoms with van der Waals surface area (Å²) in [5.41, 5.74) is -2.43. The molecule has 0 fully saturated rings. The molecule has 0 heterocycles. The lowest BCUT2D eigenvalue weighted by molar-refractivity contribution is -0.139. The molecule has 0 saturated heterocycles. The summed E-state index contributed by atoms with van der Waals surface area (Å²) in [5.74, 6) is 0. The highest BCUT2D eigenvalue weighted by atomic mass is 16.4. The summed E-state index contributed by atoms with van der Waals surface area (Å²) in [5, 5.41) is 29.8. The van der Waals surface area contributed by atoms with E-state index in [1.165, 1.54) is 13.8 Å². The summed E-state index contributed by atoms with van der Waals surface area (Å²) in [6.45, 7) is 8.79. The van der Waals surface area contributed by atoms with E-state index in [1.807, 2.05) is 20.8 Å². The molecular formula is C11H20O3. The predicted octanol–water partition coefficient (Wildman–Crippen LogP) is 0.835. The van der Waals surface area contributed by atoms with Crippen LogP contribution in [-0.2, 0) is 0 Å². The Balaban J connectivity index is 3.16. The van der Waals surface area contributed by atoms with Gasteiger partial charge in [-0.2, -0.15) is 0 Å². The Morgan fingerprint density at radius 2 is 1.64 bits per heavy atom. The average molecular weight is 200 g/mol. The van der Waals surface area contributed by atoms with Gasteiger partial charge in [0.1, 0.15) is 17.3 Å². The van der Waals surface area contributed by atoms with Gasteiger partial charge in [0.2, 0.25) is 0 Å². The molecule has 1 rings (SSSR count). The van der Waals surface area contributed by atoms with Crippen molar-refractivity contribution >= 4 is 0 Å². The van der Waals surface area contributed by atoms with Crippen molar-refractivity contribution < 1.29 is 15.3 Å². The highest BCUT2D eigenvalue weighted by Crippen LogP contribution is 2.44. The first kappa shape index (κ1) is 11.7. The van der Waals surface area contributed by atoms with Gasteiger partial charge in [-0.1, -0.05) is 20.8 Å². The van der Waals surface area contributed by atoms with E-state index in [9.17, 15) is 15.3 Å². The highest BCUT2D eigenvalue weighted by Gasteiger charge is 2.54. The Hall–Kier alpha value is -0.380. The summed E-state index contributed by atoms with van der Waals surface area (Å²) >= 11 is 0. The number of hydrogen-bond acceptors (Lipinski definition) is 3. The molecule has 0 radical (unpaired) electrons. The minimum Gasteiger partial charge on any atom is -0.386 e. The van der Waals surface area contributed by atoms with Crippen LogP contribution in [0.3, 0.4) is 0 Å². The summed E-state index contributed by atoms with van der Waals surface area (Å²) in [6, 6.07) is 0. The third-order valence-corrected chi connectivity index (χ3v) is 3.15. The SMILES string of the molecule is CC(C)(C)C1=CC(C)(O)C(C)(O)C1O. The smallest absolute Gasteiger partial charge is 0.123 e. The second-order valence-corrected chi connectivity index (χ2v) is 5.55. The zero-order chi connectivity index (χ0) is 11.4. The van der Waals surface area contributed by atoms with Crippen molar-refractivity contribution in [1.82, 2.24) is 0 Å². The largest absolute Gasteiger partial charge is 0.386 e. The molecule has 3 nitrogen and oxygen atoms in total. The van der Waals surface area contributed by atoms with Crippen LogP contribution < -0.4 is 0 Å². The van der Waals surface area contributed by atoms with E-state index in [2.05, 4.69) is 0 Å². The number of aliphatic hydroxyl groups excluding tert-OH is 1. The molecule has 0 bridgehead atoms. The zero-order valence-corrected chi connectivity index (χ0v) is 9.50. The van der Waals surface area contributed by atoms with E-state index < -0.39 is 17.3 Å². The van der Waals surface area contributed by atoms with Crippen LogP contribution in [0.15, 0.2) is 11.6 Å². The molecule has 3 unspecified atom stereocenters. The molecule has 3 heteroatoms. The summed E-state index contributed by atoms with van der Waals surface area (Å²) < 4.78 is 0. The van der Waals surface area contributed by atoms with E-state index in [1.54, 1.807) is 6.08 Å². The van der Waals surface area contributed by atoms with E-state index in [0.717, 1.165) is 0 Å². The monoisotopic (exact) mass is 200 g/mol. The molecule has 3 atom stereocenters. The lowest BCUT2D eigenvalue weighted by Crippen LogP contribution is -2.52. The van der Waals surface area contributed by atoms with Crippen LogP contribution in [-0.4, -0.2) is 32.6 Å². The van der Waals surface area contributed by atoms with Crippen LogP contribution in [0.5, 0.6) is 0 Å². The van der Waals surface area contributed by atoms with Gasteiger partial charge in [-0.15, -0.1) is 0 Å². The van der Waals surface area contributed by atoms with Gasteiger partial charge in [0.05, 0.1) is 0 Å². The number of hydrogen-bond donors (Lipinski definition) is 3. The lowest BCUT2D eigenvalue weighted by Gasteiger charge is -2.35. The summed E-state index contributed by atoms with van der Waals surface area (Å²) in [4.78, 5) is 0. The maximum absolute atomic E-state index is 9.97. The minimum absolute atomic E-state index is 0.246. The first-order chi connectivity index (χ1) is 6.00. The average Bonchev–Trinajstić information content (AvgIpc) is 2.09. The standard InChI is InChI=1S/C11H20O3/c1-9(2,3)7-6-10(4,13)11(5,14)8(7)12/h6,8,12-14H,1-5H3. The third kappa shape index (κ3) is 1.49. The molecule has 1 aliphatic carbocycles. The van der Waals surface area contributed by atoms with Crippen molar-refractivity contribution in [2.45, 2.75) is 51.9 Å². The van der Waals surface area contributed by atoms with Crippen molar-refractivity contribution in [1.29, 1.82) is 0 Å². The minimum atomic E-state index is -1.50. The molecule has 0 aromatic rings. The fourth-order valence-corrected chi connectivity index (χ4v) is 1.73. The van der Waals surface area contributed by atoms with Crippen LogP contribution in [0.2, 0.25) is 0 Å². The maximum atomic E-state index is 9.97. The van der Waals surface area contributed by atoms with Gasteiger partial charge in [0.15, 0.2) is 0 Å². The summed E-state index contributed by atoms with van der Waals surface area (Å²) in [7, 11) is 0. The second kappa shape index (κ2) is 2.81. The van der Waals surface area contributed by atoms with E-state index in [-0.39, 0.29) is 5.41 Å². The number of aliphatic hydroxyl groups is 3. The van der Waals surface area contributed by atoms with Gasteiger partial charge in [-0.25, -0.2) is 0 Å². The Morgan fingerprint density at radius 3 is 1.79 bits per heavy atom. The van der Waals surface area contributed by atoms with Gasteiger partial charge >= 0.3 is 0 Å². The van der Waals surface area contributed by atoms with Crippen molar-refractivity contribution in [3.63, 3.8) is 0 Å². The molecule has 0 spiro atoms. The molecule has 0 amide bonds. The Bertz CT molecular complexity index is 269. The van der Waals surface area contributed by atoms with Gasteiger partial charge in [-0.05, 0) is 30.9 Å². The highest BCUT2D eigenvalue weighted by molar-refractivity contribution is 5.34. The van der Waals surface area contributed by atoms with Gasteiger partial charge < -0.3 is 15.3 Å². The Kier molecular flexibility index (Phi) is 2.35. The van der Waals surface area contributed by atoms with Crippen molar-refractivity contribution in [3.8, 4) is 0 Å². The molecule has 0 saturated carbocycles. The van der Waals surface area contributed by atoms with Crippen LogP contribution in [0.1, 0.15) is 34.6 Å². The van der Waals surface area contributed by atoms with E-state index in [4.69, 9.17) is 0 Å². The predicted molar refractivity (Wildman–Crippen MR) is 54.8 cm³/mol. The molecule has 0 aliphatic heterocycles. The fraction of sp³-hybridized carbons (Fsp3) is 0.818. The first-order valence-electron chi connectivity index (χ1n) is 4.86. The van der Waals surface area contributed by atoms with Crippen LogP contribution in [0.4, 0.5) is 0 Å². The van der Waals surface area contributed by atoms with E-state index >= 15 is 0 Å². The fourth-order valence-electron chi connectivity index (χ4n) is 1.73. The van der Waals surface area contributed by atoms with Crippen LogP contribution >= 0.6 is 0 Å². The molecule has 3 N–H and O–H groups in total. The van der Waals surface area contributed by atoms with Crippen LogP contribution in [0.25, 0.3) is 0 Å². The lowest BCUT2D eigenvalue weighted by atomic mass is 9.81. The topological polar surface area (TPSA) is 60.7 Å². The summed E-state index contributed by atoms with van der Waals surface area (Å²) in [6.07, 6.45) is 0.565. The Labute approximate surface area is 85.1 Å². The zero-order valence-electron chi connectivity index (χ0n) is 9.50. The van der Waals surface area contributed by atoms with E-state index in [0.29, 0.717) is 5.57 Å². The van der Waals surface area contributed by atoms with Gasteiger partial charge in [-0.3, -0.25) is 0 Å². The molecule has 0 aromatic heterocycles. The normalized spacial score (nSPS) is 44.0. The quantitative estimate of drug-likeness (QED) is 0.508.